The molecule has 296 valence electrons. The van der Waals surface area contributed by atoms with Gasteiger partial charge in [-0.25, -0.2) is 0 Å². The molecule has 0 aliphatic rings. The molecule has 0 rings (SSSR count). The molecule has 0 aliphatic carbocycles. The summed E-state index contributed by atoms with van der Waals surface area (Å²) in [5, 5.41) is 9.88. The predicted molar refractivity (Wildman–Crippen MR) is 202 cm³/mol. The summed E-state index contributed by atoms with van der Waals surface area (Å²) in [5.74, 6) is -2.18. The van der Waals surface area contributed by atoms with Crippen molar-refractivity contribution < 1.29 is 52.4 Å². The SMILES string of the molecule is CC(C)(Br)C(=O)OCC(COCC(=O)NCCOCCOCCCC(=O)C(N)CCCCC(=N)N)(COC(=O)C(C)(C)Br)COC(=O)C(C)(C)Br. The summed E-state index contributed by atoms with van der Waals surface area (Å²) in [6.45, 7) is 9.28. The Morgan fingerprint density at radius 1 is 0.667 bits per heavy atom. The first kappa shape index (κ1) is 49.3. The van der Waals surface area contributed by atoms with Crippen LogP contribution in [-0.4, -0.2) is 120 Å². The molecule has 0 aliphatic heterocycles. The fourth-order valence-corrected chi connectivity index (χ4v) is 4.13. The van der Waals surface area contributed by atoms with Gasteiger partial charge in [-0.2, -0.15) is 0 Å². The number of ether oxygens (including phenoxy) is 6. The quantitative estimate of drug-likeness (QED) is 0.0211. The molecule has 0 spiro atoms. The van der Waals surface area contributed by atoms with Crippen molar-refractivity contribution >= 4 is 83.2 Å². The van der Waals surface area contributed by atoms with Crippen LogP contribution in [0.2, 0.25) is 0 Å². The van der Waals surface area contributed by atoms with Crippen molar-refractivity contribution in [3.05, 3.63) is 0 Å². The van der Waals surface area contributed by atoms with Crippen LogP contribution in [0.3, 0.4) is 0 Å². The second kappa shape index (κ2) is 24.6. The van der Waals surface area contributed by atoms with E-state index in [4.69, 9.17) is 45.3 Å². The van der Waals surface area contributed by atoms with Gasteiger partial charge in [0.1, 0.15) is 45.2 Å². The summed E-state index contributed by atoms with van der Waals surface area (Å²) in [6, 6.07) is -0.521. The molecule has 0 heterocycles. The van der Waals surface area contributed by atoms with Crippen LogP contribution in [0.1, 0.15) is 80.1 Å². The second-order valence-corrected chi connectivity index (χ2v) is 19.6. The van der Waals surface area contributed by atoms with E-state index in [0.717, 1.165) is 12.8 Å². The second-order valence-electron chi connectivity index (χ2n) is 13.7. The highest BCUT2D eigenvalue weighted by Crippen LogP contribution is 2.27. The van der Waals surface area contributed by atoms with Crippen molar-refractivity contribution in [1.29, 1.82) is 5.41 Å². The first-order chi connectivity index (χ1) is 23.5. The van der Waals surface area contributed by atoms with Gasteiger partial charge in [-0.15, -0.1) is 0 Å². The number of rotatable bonds is 29. The lowest BCUT2D eigenvalue weighted by Gasteiger charge is -2.34. The van der Waals surface area contributed by atoms with Crippen LogP contribution in [0.4, 0.5) is 0 Å². The highest BCUT2D eigenvalue weighted by molar-refractivity contribution is 9.10. The average Bonchev–Trinajstić information content (AvgIpc) is 3.02. The summed E-state index contributed by atoms with van der Waals surface area (Å²) in [6.07, 6.45) is 3.42. The number of carbonyl (C=O) groups excluding carboxylic acids is 5. The number of Topliss-reactive ketones (excluding diaryl/α,β-unsaturated/α-hetero) is 1. The van der Waals surface area contributed by atoms with E-state index in [1.165, 1.54) is 0 Å². The zero-order valence-electron chi connectivity index (χ0n) is 30.7. The van der Waals surface area contributed by atoms with Crippen LogP contribution in [0.5, 0.6) is 0 Å². The molecule has 0 aromatic heterocycles. The van der Waals surface area contributed by atoms with E-state index >= 15 is 0 Å². The molecule has 18 heteroatoms. The topological polar surface area (TPSA) is 229 Å². The Kier molecular flexibility index (Phi) is 23.8. The van der Waals surface area contributed by atoms with Crippen LogP contribution < -0.4 is 16.8 Å². The maximum Gasteiger partial charge on any atom is 0.322 e. The molecule has 1 amide bonds. The third-order valence-corrected chi connectivity index (χ3v) is 7.87. The molecule has 15 nitrogen and oxygen atoms in total. The van der Waals surface area contributed by atoms with Gasteiger partial charge in [0.05, 0.1) is 43.7 Å². The Balaban J connectivity index is 4.81. The standard InChI is InChI=1S/C33H57Br3N4O11/c1-30(2,34)27(43)49-20-33(21-50-28(44)31(3,4)35,22-51-29(45)32(5,6)36)19-48-18-26(42)40-13-15-47-17-16-46-14-9-11-24(41)23(37)10-7-8-12-25(38)39/h23H,7-22,37H2,1-6H3,(H3,38,39)(H,40,42). The molecule has 1 atom stereocenters. The molecular weight excluding hydrogens is 868 g/mol. The zero-order chi connectivity index (χ0) is 39.3. The summed E-state index contributed by atoms with van der Waals surface area (Å²) in [5.41, 5.74) is 9.90. The minimum atomic E-state index is -1.35. The van der Waals surface area contributed by atoms with E-state index in [1.54, 1.807) is 41.5 Å². The normalized spacial score (nSPS) is 12.9. The van der Waals surface area contributed by atoms with Crippen LogP contribution in [0.15, 0.2) is 0 Å². The lowest BCUT2D eigenvalue weighted by Crippen LogP contribution is -2.47. The molecule has 0 bridgehead atoms. The van der Waals surface area contributed by atoms with Gasteiger partial charge in [-0.05, 0) is 60.8 Å². The number of unbranched alkanes of at least 4 members (excludes halogenated alkanes) is 1. The number of alkyl halides is 3. The Hall–Kier alpha value is -1.70. The number of ketones is 1. The van der Waals surface area contributed by atoms with Gasteiger partial charge >= 0.3 is 17.9 Å². The van der Waals surface area contributed by atoms with Crippen molar-refractivity contribution in [3.63, 3.8) is 0 Å². The summed E-state index contributed by atoms with van der Waals surface area (Å²) in [4.78, 5) is 62.4. The highest BCUT2D eigenvalue weighted by atomic mass is 79.9. The minimum Gasteiger partial charge on any atom is -0.464 e. The fraction of sp³-hybridized carbons (Fsp3) is 0.818. The van der Waals surface area contributed by atoms with Gasteiger partial charge in [-0.3, -0.25) is 29.4 Å². The van der Waals surface area contributed by atoms with Crippen LogP contribution in [0, 0.1) is 10.8 Å². The van der Waals surface area contributed by atoms with Crippen LogP contribution >= 0.6 is 47.8 Å². The lowest BCUT2D eigenvalue weighted by molar-refractivity contribution is -0.170. The van der Waals surface area contributed by atoms with Gasteiger partial charge in [-0.1, -0.05) is 54.2 Å². The van der Waals surface area contributed by atoms with Crippen LogP contribution in [0.25, 0.3) is 0 Å². The van der Waals surface area contributed by atoms with E-state index in [2.05, 4.69) is 53.1 Å². The Morgan fingerprint density at radius 2 is 1.14 bits per heavy atom. The maximum atomic E-state index is 12.6. The number of hydrogen-bond acceptors (Lipinski definition) is 13. The maximum absolute atomic E-state index is 12.6. The number of nitrogens with two attached hydrogens (primary N) is 2. The molecule has 0 saturated heterocycles. The van der Waals surface area contributed by atoms with Crippen molar-refractivity contribution in [2.45, 2.75) is 99.1 Å². The van der Waals surface area contributed by atoms with Gasteiger partial charge in [0.15, 0.2) is 0 Å². The van der Waals surface area contributed by atoms with Gasteiger partial charge in [0.2, 0.25) is 5.91 Å². The van der Waals surface area contributed by atoms with Crippen molar-refractivity contribution in [2.24, 2.45) is 16.9 Å². The summed E-state index contributed by atoms with van der Waals surface area (Å²) in [7, 11) is 0. The first-order valence-corrected chi connectivity index (χ1v) is 19.1. The summed E-state index contributed by atoms with van der Waals surface area (Å²) >= 11 is 9.76. The highest BCUT2D eigenvalue weighted by Gasteiger charge is 2.41. The number of halogens is 3. The molecule has 0 fully saturated rings. The van der Waals surface area contributed by atoms with Crippen LogP contribution in [-0.2, 0) is 52.4 Å². The zero-order valence-corrected chi connectivity index (χ0v) is 35.4. The molecule has 1 unspecified atom stereocenters. The number of esters is 3. The van der Waals surface area contributed by atoms with Gasteiger partial charge in [0, 0.05) is 26.0 Å². The molecule has 0 radical (unpaired) electrons. The molecule has 51 heavy (non-hydrogen) atoms. The third kappa shape index (κ3) is 24.3. The molecule has 0 saturated carbocycles. The van der Waals surface area contributed by atoms with Crippen molar-refractivity contribution in [3.8, 4) is 0 Å². The molecular formula is C33H57Br3N4O11. The number of hydrogen-bond donors (Lipinski definition) is 4. The lowest BCUT2D eigenvalue weighted by atomic mass is 9.92. The Bertz CT molecular complexity index is 1050. The van der Waals surface area contributed by atoms with Crippen molar-refractivity contribution in [1.82, 2.24) is 5.32 Å². The molecule has 0 aromatic carbocycles. The number of amides is 1. The monoisotopic (exact) mass is 922 g/mol. The first-order valence-electron chi connectivity index (χ1n) is 16.7. The smallest absolute Gasteiger partial charge is 0.322 e. The van der Waals surface area contributed by atoms with Gasteiger partial charge in [0.25, 0.3) is 0 Å². The van der Waals surface area contributed by atoms with E-state index in [1.807, 2.05) is 0 Å². The fourth-order valence-electron chi connectivity index (χ4n) is 3.79. The number of nitrogens with one attached hydrogen (secondary N) is 2. The van der Waals surface area contributed by atoms with Gasteiger partial charge < -0.3 is 45.2 Å². The Morgan fingerprint density at radius 3 is 1.59 bits per heavy atom. The summed E-state index contributed by atoms with van der Waals surface area (Å²) < 4.78 is 30.1. The minimum absolute atomic E-state index is 0.0190. The molecule has 0 aromatic rings. The van der Waals surface area contributed by atoms with E-state index in [0.29, 0.717) is 38.9 Å². The van der Waals surface area contributed by atoms with E-state index in [-0.39, 0.29) is 64.4 Å². The predicted octanol–water partition coefficient (Wildman–Crippen LogP) is 3.46. The van der Waals surface area contributed by atoms with Crippen molar-refractivity contribution in [2.75, 3.05) is 66.0 Å². The van der Waals surface area contributed by atoms with E-state index < -0.39 is 48.2 Å². The third-order valence-electron chi connectivity index (χ3n) is 6.90. The van der Waals surface area contributed by atoms with E-state index in [9.17, 15) is 24.0 Å². The largest absolute Gasteiger partial charge is 0.464 e. The number of amidine groups is 1. The Labute approximate surface area is 326 Å². The average molecular weight is 926 g/mol. The molecule has 6 N–H and O–H groups in total. The number of carbonyl (C=O) groups is 5.